The van der Waals surface area contributed by atoms with Gasteiger partial charge in [-0.1, -0.05) is 60.1 Å². The van der Waals surface area contributed by atoms with Gasteiger partial charge in [0.25, 0.3) is 0 Å². The van der Waals surface area contributed by atoms with Gasteiger partial charge < -0.3 is 14.2 Å². The maximum atomic E-state index is 5.60. The summed E-state index contributed by atoms with van der Waals surface area (Å²) >= 11 is 0. The van der Waals surface area contributed by atoms with E-state index >= 15 is 0 Å². The van der Waals surface area contributed by atoms with Gasteiger partial charge in [-0.05, 0) is 61.9 Å². The van der Waals surface area contributed by atoms with Crippen molar-refractivity contribution in [1.29, 1.82) is 0 Å². The number of methoxy groups -OCH3 is 1. The van der Waals surface area contributed by atoms with E-state index in [0.29, 0.717) is 19.0 Å². The lowest BCUT2D eigenvalue weighted by Gasteiger charge is -2.09. The van der Waals surface area contributed by atoms with Gasteiger partial charge in [-0.25, -0.2) is 0 Å². The Kier molecular flexibility index (Phi) is 8.92. The second-order valence-electron chi connectivity index (χ2n) is 7.56. The number of rotatable bonds is 7. The molecule has 3 heteroatoms. The third kappa shape index (κ3) is 7.70. The molecule has 0 fully saturated rings. The van der Waals surface area contributed by atoms with E-state index in [-0.39, 0.29) is 6.79 Å². The van der Waals surface area contributed by atoms with E-state index in [1.165, 1.54) is 5.56 Å². The van der Waals surface area contributed by atoms with E-state index in [2.05, 4.69) is 62.3 Å². The minimum Gasteiger partial charge on any atom is -0.491 e. The van der Waals surface area contributed by atoms with E-state index in [0.717, 1.165) is 33.4 Å². The highest BCUT2D eigenvalue weighted by Crippen LogP contribution is 2.15. The number of hydrogen-bond donors (Lipinski definition) is 0. The van der Waals surface area contributed by atoms with Crippen molar-refractivity contribution in [2.45, 2.75) is 13.8 Å². The second-order valence-corrected chi connectivity index (χ2v) is 7.56. The quantitative estimate of drug-likeness (QED) is 0.205. The van der Waals surface area contributed by atoms with Gasteiger partial charge in [0.15, 0.2) is 0 Å². The van der Waals surface area contributed by atoms with E-state index < -0.39 is 0 Å². The Morgan fingerprint density at radius 1 is 0.758 bits per heavy atom. The van der Waals surface area contributed by atoms with Crippen molar-refractivity contribution in [3.63, 3.8) is 0 Å². The first-order chi connectivity index (χ1) is 16.0. The number of ether oxygens (including phenoxy) is 3. The van der Waals surface area contributed by atoms with Gasteiger partial charge in [-0.15, -0.1) is 0 Å². The van der Waals surface area contributed by atoms with Crippen LogP contribution in [0.1, 0.15) is 38.9 Å². The van der Waals surface area contributed by atoms with Crippen molar-refractivity contribution < 1.29 is 14.2 Å². The molecule has 0 aromatic heterocycles. The van der Waals surface area contributed by atoms with Gasteiger partial charge in [0.1, 0.15) is 19.2 Å². The zero-order chi connectivity index (χ0) is 23.5. The summed E-state index contributed by atoms with van der Waals surface area (Å²) in [5, 5.41) is 0. The molecule has 0 unspecified atom stereocenters. The predicted molar refractivity (Wildman–Crippen MR) is 134 cm³/mol. The van der Waals surface area contributed by atoms with Crippen molar-refractivity contribution in [2.24, 2.45) is 0 Å². The zero-order valence-electron chi connectivity index (χ0n) is 19.4. The van der Waals surface area contributed by atoms with Crippen LogP contribution in [0.4, 0.5) is 0 Å². The van der Waals surface area contributed by atoms with Gasteiger partial charge in [0.05, 0.1) is 6.61 Å². The highest BCUT2D eigenvalue weighted by Gasteiger charge is 2.01. The number of benzene rings is 3. The third-order valence-electron chi connectivity index (χ3n) is 4.88. The normalized spacial score (nSPS) is 9.91. The summed E-state index contributed by atoms with van der Waals surface area (Å²) in [6, 6.07) is 22.2. The van der Waals surface area contributed by atoms with Gasteiger partial charge in [-0.2, -0.15) is 0 Å². The Balaban J connectivity index is 1.60. The highest BCUT2D eigenvalue weighted by molar-refractivity contribution is 5.59. The van der Waals surface area contributed by atoms with Crippen LogP contribution >= 0.6 is 0 Å². The van der Waals surface area contributed by atoms with E-state index in [1.54, 1.807) is 7.11 Å². The van der Waals surface area contributed by atoms with Crippen molar-refractivity contribution >= 4 is 5.76 Å². The van der Waals surface area contributed by atoms with Crippen LogP contribution in [0.2, 0.25) is 0 Å². The standard InChI is InChI=1S/C30H28O3/c1-23-5-7-26(8-6-23)9-10-28-14-16-29(24(2)21-28)15-11-27-12-17-30(18-13-27)25(3)33-20-19-32-22-31-4/h5-8,12-14,16-18,21H,3,19-20,22H2,1-2,4H3. The first-order valence-electron chi connectivity index (χ1n) is 10.8. The lowest BCUT2D eigenvalue weighted by atomic mass is 10.0. The number of hydrogen-bond acceptors (Lipinski definition) is 3. The molecule has 166 valence electrons. The van der Waals surface area contributed by atoms with Crippen LogP contribution in [0.5, 0.6) is 0 Å². The van der Waals surface area contributed by atoms with Gasteiger partial charge in [0, 0.05) is 34.9 Å². The van der Waals surface area contributed by atoms with Crippen LogP contribution in [-0.2, 0) is 14.2 Å². The average molecular weight is 437 g/mol. The molecule has 0 N–H and O–H groups in total. The molecule has 0 amide bonds. The van der Waals surface area contributed by atoms with Crippen LogP contribution in [0.25, 0.3) is 5.76 Å². The van der Waals surface area contributed by atoms with Gasteiger partial charge in [-0.3, -0.25) is 0 Å². The molecule has 3 aromatic rings. The smallest absolute Gasteiger partial charge is 0.146 e. The summed E-state index contributed by atoms with van der Waals surface area (Å²) < 4.78 is 15.6. The van der Waals surface area contributed by atoms with Crippen molar-refractivity contribution in [3.05, 3.63) is 112 Å². The molecule has 0 saturated heterocycles. The van der Waals surface area contributed by atoms with Crippen molar-refractivity contribution in [2.75, 3.05) is 27.1 Å². The maximum Gasteiger partial charge on any atom is 0.146 e. The molecular formula is C30H28O3. The molecule has 0 radical (unpaired) electrons. The Morgan fingerprint density at radius 3 is 2.03 bits per heavy atom. The Labute approximate surface area is 197 Å². The monoisotopic (exact) mass is 436 g/mol. The van der Waals surface area contributed by atoms with Crippen LogP contribution in [0.3, 0.4) is 0 Å². The van der Waals surface area contributed by atoms with Crippen LogP contribution in [0, 0.1) is 37.5 Å². The fraction of sp³-hybridized carbons (Fsp3) is 0.200. The fourth-order valence-electron chi connectivity index (χ4n) is 2.99. The van der Waals surface area contributed by atoms with Gasteiger partial charge >= 0.3 is 0 Å². The lowest BCUT2D eigenvalue weighted by molar-refractivity contribution is -0.0410. The fourth-order valence-corrected chi connectivity index (χ4v) is 2.99. The molecule has 0 heterocycles. The lowest BCUT2D eigenvalue weighted by Crippen LogP contribution is -2.05. The molecule has 0 atom stereocenters. The molecule has 0 spiro atoms. The van der Waals surface area contributed by atoms with Crippen molar-refractivity contribution in [3.8, 4) is 23.7 Å². The summed E-state index contributed by atoms with van der Waals surface area (Å²) in [7, 11) is 1.59. The minimum atomic E-state index is 0.256. The molecule has 3 aromatic carbocycles. The molecule has 0 aliphatic carbocycles. The van der Waals surface area contributed by atoms with Crippen molar-refractivity contribution in [1.82, 2.24) is 0 Å². The topological polar surface area (TPSA) is 27.7 Å². The molecule has 3 nitrogen and oxygen atoms in total. The molecule has 0 saturated carbocycles. The summed E-state index contributed by atoms with van der Waals surface area (Å²) in [4.78, 5) is 0. The molecule has 0 bridgehead atoms. The minimum absolute atomic E-state index is 0.256. The summed E-state index contributed by atoms with van der Waals surface area (Å²) in [6.45, 7) is 9.23. The maximum absolute atomic E-state index is 5.60. The van der Waals surface area contributed by atoms with Crippen LogP contribution in [0.15, 0.2) is 73.3 Å². The highest BCUT2D eigenvalue weighted by atomic mass is 16.7. The van der Waals surface area contributed by atoms with E-state index in [9.17, 15) is 0 Å². The van der Waals surface area contributed by atoms with E-state index in [4.69, 9.17) is 14.2 Å². The summed E-state index contributed by atoms with van der Waals surface area (Å²) in [5.74, 6) is 13.5. The van der Waals surface area contributed by atoms with Crippen LogP contribution in [-0.4, -0.2) is 27.1 Å². The molecular weight excluding hydrogens is 408 g/mol. The van der Waals surface area contributed by atoms with Gasteiger partial charge in [0.2, 0.25) is 0 Å². The zero-order valence-corrected chi connectivity index (χ0v) is 19.4. The Bertz CT molecular complexity index is 1200. The number of aryl methyl sites for hydroxylation is 2. The molecule has 0 aliphatic heterocycles. The Morgan fingerprint density at radius 2 is 1.36 bits per heavy atom. The van der Waals surface area contributed by atoms with E-state index in [1.807, 2.05) is 48.5 Å². The molecule has 33 heavy (non-hydrogen) atoms. The Hall–Kier alpha value is -3.76. The molecule has 3 rings (SSSR count). The first-order valence-corrected chi connectivity index (χ1v) is 10.8. The summed E-state index contributed by atoms with van der Waals surface area (Å²) in [6.07, 6.45) is 0. The predicted octanol–water partition coefficient (Wildman–Crippen LogP) is 5.71. The second kappa shape index (κ2) is 12.3. The summed E-state index contributed by atoms with van der Waals surface area (Å²) in [5.41, 5.74) is 7.16. The average Bonchev–Trinajstić information content (AvgIpc) is 2.83. The first kappa shape index (κ1) is 23.9. The third-order valence-corrected chi connectivity index (χ3v) is 4.88. The van der Waals surface area contributed by atoms with Crippen LogP contribution < -0.4 is 0 Å². The largest absolute Gasteiger partial charge is 0.491 e. The SMILES string of the molecule is C=C(OCCOCOC)c1ccc(C#Cc2ccc(C#Cc3ccc(C)cc3)cc2C)cc1. The molecule has 0 aliphatic rings.